The molecule has 2 aromatic carbocycles. The summed E-state index contributed by atoms with van der Waals surface area (Å²) in [4.78, 5) is 18.0. The van der Waals surface area contributed by atoms with Crippen LogP contribution in [-0.2, 0) is 11.3 Å². The lowest BCUT2D eigenvalue weighted by Gasteiger charge is -2.22. The molecule has 3 rings (SSSR count). The number of carbonyl (C=O) groups excluding carboxylic acids is 1. The largest absolute Gasteiger partial charge is 0.495 e. The van der Waals surface area contributed by atoms with E-state index in [1.165, 1.54) is 0 Å². The molecule has 0 saturated carbocycles. The number of amides is 1. The molecule has 1 aliphatic heterocycles. The first-order valence-electron chi connectivity index (χ1n) is 8.02. The van der Waals surface area contributed by atoms with Crippen LogP contribution in [0.5, 0.6) is 5.75 Å². The zero-order chi connectivity index (χ0) is 18.0. The van der Waals surface area contributed by atoms with Crippen LogP contribution in [0.15, 0.2) is 48.5 Å². The van der Waals surface area contributed by atoms with Crippen LogP contribution in [0.3, 0.4) is 0 Å². The minimum absolute atomic E-state index is 0.0272. The molecule has 0 bridgehead atoms. The maximum atomic E-state index is 12.5. The highest BCUT2D eigenvalue weighted by atomic mass is 32.1. The minimum atomic E-state index is -0.0272. The Morgan fingerprint density at radius 3 is 2.52 bits per heavy atom. The Labute approximate surface area is 153 Å². The summed E-state index contributed by atoms with van der Waals surface area (Å²) in [6.07, 6.45) is 0. The molecule has 0 atom stereocenters. The van der Waals surface area contributed by atoms with E-state index in [0.29, 0.717) is 17.4 Å². The van der Waals surface area contributed by atoms with Crippen LogP contribution in [0, 0.1) is 0 Å². The second kappa shape index (κ2) is 7.11. The molecule has 0 radical (unpaired) electrons. The van der Waals surface area contributed by atoms with Gasteiger partial charge in [-0.3, -0.25) is 9.69 Å². The molecule has 1 amide bonds. The van der Waals surface area contributed by atoms with Gasteiger partial charge in [0.05, 0.1) is 18.5 Å². The number of nitrogens with zero attached hydrogens (tertiary/aromatic N) is 3. The molecule has 0 N–H and O–H groups in total. The Morgan fingerprint density at radius 1 is 1.16 bits per heavy atom. The van der Waals surface area contributed by atoms with Gasteiger partial charge < -0.3 is 14.5 Å². The topological polar surface area (TPSA) is 36.0 Å². The number of rotatable bonds is 5. The average Bonchev–Trinajstić information content (AvgIpc) is 2.88. The van der Waals surface area contributed by atoms with Crippen LogP contribution >= 0.6 is 12.2 Å². The monoisotopic (exact) mass is 355 g/mol. The standard InChI is InChI=1S/C19H21N3O2S/c1-20(2)16-10-9-15(11-17(16)24-3)22-18(23)13-21(19(22)25)12-14-7-5-4-6-8-14/h4-11H,12-13H2,1-3H3. The Balaban J connectivity index is 1.85. The molecule has 130 valence electrons. The number of benzene rings is 2. The van der Waals surface area contributed by atoms with Gasteiger partial charge in [-0.1, -0.05) is 30.3 Å². The van der Waals surface area contributed by atoms with E-state index < -0.39 is 0 Å². The molecule has 1 aliphatic rings. The molecule has 0 spiro atoms. The van der Waals surface area contributed by atoms with Gasteiger partial charge in [-0.05, 0) is 29.9 Å². The van der Waals surface area contributed by atoms with Gasteiger partial charge in [0.1, 0.15) is 12.3 Å². The second-order valence-electron chi connectivity index (χ2n) is 6.10. The molecule has 0 aliphatic carbocycles. The van der Waals surface area contributed by atoms with E-state index in [1.807, 2.05) is 72.4 Å². The van der Waals surface area contributed by atoms with Crippen molar-refractivity contribution in [3.05, 3.63) is 54.1 Å². The summed E-state index contributed by atoms with van der Waals surface area (Å²) in [5.41, 5.74) is 2.80. The first-order valence-corrected chi connectivity index (χ1v) is 8.43. The number of carbonyl (C=O) groups is 1. The van der Waals surface area contributed by atoms with Gasteiger partial charge in [0.15, 0.2) is 5.11 Å². The van der Waals surface area contributed by atoms with Gasteiger partial charge in [0.25, 0.3) is 5.91 Å². The van der Waals surface area contributed by atoms with E-state index in [2.05, 4.69) is 0 Å². The van der Waals surface area contributed by atoms with E-state index in [4.69, 9.17) is 17.0 Å². The first-order chi connectivity index (χ1) is 12.0. The maximum Gasteiger partial charge on any atom is 0.252 e. The van der Waals surface area contributed by atoms with Crippen LogP contribution in [0.25, 0.3) is 0 Å². The van der Waals surface area contributed by atoms with E-state index >= 15 is 0 Å². The van der Waals surface area contributed by atoms with Crippen molar-refractivity contribution in [3.63, 3.8) is 0 Å². The summed E-state index contributed by atoms with van der Waals surface area (Å²) in [6.45, 7) is 0.903. The molecule has 1 saturated heterocycles. The lowest BCUT2D eigenvalue weighted by Crippen LogP contribution is -2.32. The smallest absolute Gasteiger partial charge is 0.252 e. The predicted molar refractivity (Wildman–Crippen MR) is 104 cm³/mol. The van der Waals surface area contributed by atoms with Crippen molar-refractivity contribution in [2.24, 2.45) is 0 Å². The number of anilines is 2. The molecule has 25 heavy (non-hydrogen) atoms. The van der Waals surface area contributed by atoms with Crippen LogP contribution in [0.2, 0.25) is 0 Å². The van der Waals surface area contributed by atoms with Gasteiger partial charge in [-0.25, -0.2) is 0 Å². The lowest BCUT2D eigenvalue weighted by molar-refractivity contribution is -0.116. The SMILES string of the molecule is COc1cc(N2C(=O)CN(Cc3ccccc3)C2=S)ccc1N(C)C. The zero-order valence-electron chi connectivity index (χ0n) is 14.6. The number of methoxy groups -OCH3 is 1. The summed E-state index contributed by atoms with van der Waals surface area (Å²) < 4.78 is 5.46. The number of hydrogen-bond acceptors (Lipinski definition) is 4. The van der Waals surface area contributed by atoms with Gasteiger partial charge in [-0.2, -0.15) is 0 Å². The molecule has 2 aromatic rings. The third-order valence-electron chi connectivity index (χ3n) is 4.16. The van der Waals surface area contributed by atoms with Gasteiger partial charge in [-0.15, -0.1) is 0 Å². The van der Waals surface area contributed by atoms with Crippen molar-refractivity contribution >= 4 is 34.6 Å². The molecular formula is C19H21N3O2S. The van der Waals surface area contributed by atoms with E-state index in [1.54, 1.807) is 12.0 Å². The quantitative estimate of drug-likeness (QED) is 0.771. The van der Waals surface area contributed by atoms with Crippen molar-refractivity contribution in [1.82, 2.24) is 4.90 Å². The molecule has 1 fully saturated rings. The lowest BCUT2D eigenvalue weighted by atomic mass is 10.2. The zero-order valence-corrected chi connectivity index (χ0v) is 15.4. The third-order valence-corrected chi connectivity index (χ3v) is 4.60. The van der Waals surface area contributed by atoms with Crippen molar-refractivity contribution in [2.45, 2.75) is 6.54 Å². The van der Waals surface area contributed by atoms with Crippen molar-refractivity contribution in [3.8, 4) is 5.75 Å². The fourth-order valence-electron chi connectivity index (χ4n) is 2.91. The highest BCUT2D eigenvalue weighted by molar-refractivity contribution is 7.80. The highest BCUT2D eigenvalue weighted by Gasteiger charge is 2.34. The predicted octanol–water partition coefficient (Wildman–Crippen LogP) is 2.89. The molecular weight excluding hydrogens is 334 g/mol. The summed E-state index contributed by atoms with van der Waals surface area (Å²) in [5, 5.41) is 0.522. The summed E-state index contributed by atoms with van der Waals surface area (Å²) in [5.74, 6) is 0.681. The Kier molecular flexibility index (Phi) is 4.90. The highest BCUT2D eigenvalue weighted by Crippen LogP contribution is 2.33. The normalized spacial score (nSPS) is 14.2. The van der Waals surface area contributed by atoms with Crippen molar-refractivity contribution in [2.75, 3.05) is 37.5 Å². The van der Waals surface area contributed by atoms with Crippen LogP contribution in [-0.4, -0.2) is 43.7 Å². The summed E-state index contributed by atoms with van der Waals surface area (Å²) in [6, 6.07) is 15.7. The van der Waals surface area contributed by atoms with Gasteiger partial charge >= 0.3 is 0 Å². The third kappa shape index (κ3) is 3.44. The Hall–Kier alpha value is -2.60. The second-order valence-corrected chi connectivity index (χ2v) is 6.47. The van der Waals surface area contributed by atoms with Crippen molar-refractivity contribution < 1.29 is 9.53 Å². The Morgan fingerprint density at radius 2 is 1.88 bits per heavy atom. The molecule has 0 unspecified atom stereocenters. The van der Waals surface area contributed by atoms with Gasteiger partial charge in [0.2, 0.25) is 0 Å². The number of hydrogen-bond donors (Lipinski definition) is 0. The number of ether oxygens (including phenoxy) is 1. The Bertz CT molecular complexity index is 793. The summed E-state index contributed by atoms with van der Waals surface area (Å²) >= 11 is 5.56. The van der Waals surface area contributed by atoms with E-state index in [9.17, 15) is 4.79 Å². The van der Waals surface area contributed by atoms with Gasteiger partial charge in [0, 0.05) is 26.7 Å². The van der Waals surface area contributed by atoms with E-state index in [-0.39, 0.29) is 12.5 Å². The minimum Gasteiger partial charge on any atom is -0.495 e. The van der Waals surface area contributed by atoms with E-state index in [0.717, 1.165) is 16.9 Å². The van der Waals surface area contributed by atoms with Crippen LogP contribution in [0.4, 0.5) is 11.4 Å². The fourth-order valence-corrected chi connectivity index (χ4v) is 3.24. The maximum absolute atomic E-state index is 12.5. The van der Waals surface area contributed by atoms with Crippen LogP contribution < -0.4 is 14.5 Å². The molecule has 6 heteroatoms. The number of thiocarbonyl (C=S) groups is 1. The molecule has 0 aromatic heterocycles. The fraction of sp³-hybridized carbons (Fsp3) is 0.263. The molecule has 5 nitrogen and oxygen atoms in total. The molecule has 1 heterocycles. The van der Waals surface area contributed by atoms with Crippen LogP contribution in [0.1, 0.15) is 5.56 Å². The first kappa shape index (κ1) is 17.2. The average molecular weight is 355 g/mol. The summed E-state index contributed by atoms with van der Waals surface area (Å²) in [7, 11) is 5.52. The van der Waals surface area contributed by atoms with Crippen molar-refractivity contribution in [1.29, 1.82) is 0 Å².